The first kappa shape index (κ1) is 21.5. The molecule has 3 N–H and O–H groups in total. The number of rotatable bonds is 6. The summed E-state index contributed by atoms with van der Waals surface area (Å²) in [5.74, 6) is 6.40. The Morgan fingerprint density at radius 3 is 2.72 bits per heavy atom. The van der Waals surface area contributed by atoms with Gasteiger partial charge in [0, 0.05) is 31.9 Å². The number of hydrogen-bond donors (Lipinski definition) is 2. The Bertz CT molecular complexity index is 759. The van der Waals surface area contributed by atoms with Crippen molar-refractivity contribution in [1.29, 1.82) is 5.26 Å². The number of nitrogens with one attached hydrogen (secondary N) is 1. The fraction of sp³-hybridized carbons (Fsp3) is 0.579. The molecule has 2 fully saturated rings. The molecule has 0 saturated carbocycles. The maximum absolute atomic E-state index is 12.4. The molecule has 1 aromatic heterocycles. The van der Waals surface area contributed by atoms with Crippen molar-refractivity contribution in [2.75, 3.05) is 38.0 Å². The van der Waals surface area contributed by atoms with Gasteiger partial charge in [-0.15, -0.1) is 0 Å². The average Bonchev–Trinajstić information content (AvgIpc) is 3.19. The number of pyridine rings is 1. The summed E-state index contributed by atoms with van der Waals surface area (Å²) in [4.78, 5) is 32.4. The number of carbonyl (C=O) groups is 2. The van der Waals surface area contributed by atoms with Crippen LogP contribution in [0.15, 0.2) is 18.3 Å². The van der Waals surface area contributed by atoms with Crippen LogP contribution in [0.3, 0.4) is 0 Å². The predicted molar refractivity (Wildman–Crippen MR) is 109 cm³/mol. The number of piperidine rings is 1. The number of amides is 2. The molecule has 1 atom stereocenters. The lowest BCUT2D eigenvalue weighted by Crippen LogP contribution is -2.53. The third-order valence-corrected chi connectivity index (χ3v) is 5.65. The Labute approximate surface area is 175 Å². The Balaban J connectivity index is 1.40. The number of nitriles is 1. The fourth-order valence-corrected chi connectivity index (χ4v) is 3.93. The maximum Gasteiger partial charge on any atom is 0.239 e. The van der Waals surface area contributed by atoms with Crippen molar-refractivity contribution < 1.29 is 9.59 Å². The lowest BCUT2D eigenvalue weighted by atomic mass is 10.0. The zero-order valence-electron chi connectivity index (χ0n) is 16.3. The van der Waals surface area contributed by atoms with E-state index in [0.29, 0.717) is 17.4 Å². The van der Waals surface area contributed by atoms with Gasteiger partial charge in [-0.05, 0) is 37.8 Å². The second-order valence-corrected chi connectivity index (χ2v) is 7.90. The number of nitrogens with two attached hydrogens (primary N) is 1. The molecule has 3 heterocycles. The minimum absolute atomic E-state index is 0.0827. The molecule has 0 aliphatic carbocycles. The monoisotopic (exact) mass is 419 g/mol. The Morgan fingerprint density at radius 1 is 1.31 bits per heavy atom. The molecule has 1 aromatic rings. The summed E-state index contributed by atoms with van der Waals surface area (Å²) in [6.07, 6.45) is 4.63. The Morgan fingerprint density at radius 2 is 2.07 bits per heavy atom. The van der Waals surface area contributed by atoms with Crippen molar-refractivity contribution in [3.8, 4) is 6.07 Å². The summed E-state index contributed by atoms with van der Waals surface area (Å²) < 4.78 is 0. The van der Waals surface area contributed by atoms with Crippen LogP contribution in [0.4, 0.5) is 5.82 Å². The summed E-state index contributed by atoms with van der Waals surface area (Å²) in [5, 5.41) is 14.0. The highest BCUT2D eigenvalue weighted by Gasteiger charge is 2.31. The summed E-state index contributed by atoms with van der Waals surface area (Å²) in [7, 11) is 0. The number of hydrazine groups is 1. The average molecular weight is 420 g/mol. The van der Waals surface area contributed by atoms with Crippen molar-refractivity contribution in [2.45, 2.75) is 37.8 Å². The molecule has 2 amide bonds. The highest BCUT2D eigenvalue weighted by molar-refractivity contribution is 6.30. The molecular formula is C19H26ClN7O2. The first-order chi connectivity index (χ1) is 14.0. The van der Waals surface area contributed by atoms with Gasteiger partial charge in [-0.1, -0.05) is 11.6 Å². The highest BCUT2D eigenvalue weighted by atomic mass is 35.5. The van der Waals surface area contributed by atoms with Gasteiger partial charge >= 0.3 is 0 Å². The lowest BCUT2D eigenvalue weighted by Gasteiger charge is -2.36. The number of nitrogens with zero attached hydrogens (tertiary/aromatic N) is 5. The van der Waals surface area contributed by atoms with Gasteiger partial charge in [0.15, 0.2) is 0 Å². The van der Waals surface area contributed by atoms with Crippen molar-refractivity contribution in [3.63, 3.8) is 0 Å². The van der Waals surface area contributed by atoms with Gasteiger partial charge in [-0.25, -0.2) is 9.99 Å². The number of carbonyl (C=O) groups excluding carboxylic acids is 2. The third kappa shape index (κ3) is 5.87. The van der Waals surface area contributed by atoms with Crippen LogP contribution in [-0.4, -0.2) is 76.4 Å². The van der Waals surface area contributed by atoms with Crippen LogP contribution in [-0.2, 0) is 9.59 Å². The lowest BCUT2D eigenvalue weighted by molar-refractivity contribution is -0.133. The van der Waals surface area contributed by atoms with Crippen LogP contribution in [0, 0.1) is 11.3 Å². The van der Waals surface area contributed by atoms with Gasteiger partial charge in [0.05, 0.1) is 24.2 Å². The molecule has 10 heteroatoms. The van der Waals surface area contributed by atoms with Gasteiger partial charge in [0.25, 0.3) is 0 Å². The van der Waals surface area contributed by atoms with Crippen LogP contribution >= 0.6 is 11.6 Å². The molecule has 2 aliphatic rings. The molecule has 0 aromatic carbocycles. The van der Waals surface area contributed by atoms with E-state index in [-0.39, 0.29) is 37.0 Å². The zero-order chi connectivity index (χ0) is 20.8. The second-order valence-electron chi connectivity index (χ2n) is 7.46. The van der Waals surface area contributed by atoms with Gasteiger partial charge in [-0.2, -0.15) is 5.26 Å². The minimum atomic E-state index is -0.327. The van der Waals surface area contributed by atoms with Gasteiger partial charge in [0.1, 0.15) is 11.9 Å². The molecule has 0 spiro atoms. The Kier molecular flexibility index (Phi) is 7.39. The summed E-state index contributed by atoms with van der Waals surface area (Å²) in [5.41, 5.74) is 0. The largest absolute Gasteiger partial charge is 0.325 e. The second kappa shape index (κ2) is 9.98. The molecule has 0 unspecified atom stereocenters. The van der Waals surface area contributed by atoms with Gasteiger partial charge < -0.3 is 10.2 Å². The highest BCUT2D eigenvalue weighted by Crippen LogP contribution is 2.18. The van der Waals surface area contributed by atoms with E-state index in [2.05, 4.69) is 21.3 Å². The smallest absolute Gasteiger partial charge is 0.239 e. The standard InChI is InChI=1S/C19H26ClN7O2/c20-14-3-4-17(23-11-14)24-18(28)12-25-8-5-15(6-9-25)27(22)13-19(29)26-7-1-2-16(26)10-21/h3-4,11,15-16H,1-2,5-9,12-13,22H2,(H,23,24,28)/t16-/m0/s1. The van der Waals surface area contributed by atoms with Gasteiger partial charge in [0.2, 0.25) is 11.8 Å². The molecule has 29 heavy (non-hydrogen) atoms. The van der Waals surface area contributed by atoms with E-state index < -0.39 is 0 Å². The fourth-order valence-electron chi connectivity index (χ4n) is 3.82. The first-order valence-corrected chi connectivity index (χ1v) is 10.2. The number of anilines is 1. The number of halogens is 1. The van der Waals surface area contributed by atoms with E-state index in [9.17, 15) is 9.59 Å². The van der Waals surface area contributed by atoms with Crippen molar-refractivity contribution in [2.24, 2.45) is 5.84 Å². The van der Waals surface area contributed by atoms with E-state index >= 15 is 0 Å². The maximum atomic E-state index is 12.4. The summed E-state index contributed by atoms with van der Waals surface area (Å²) in [6.45, 7) is 2.46. The van der Waals surface area contributed by atoms with E-state index in [0.717, 1.165) is 38.8 Å². The van der Waals surface area contributed by atoms with E-state index in [1.165, 1.54) is 6.20 Å². The van der Waals surface area contributed by atoms with E-state index in [1.54, 1.807) is 22.0 Å². The van der Waals surface area contributed by atoms with Crippen LogP contribution in [0.2, 0.25) is 5.02 Å². The predicted octanol–water partition coefficient (Wildman–Crippen LogP) is 0.828. The van der Waals surface area contributed by atoms with Crippen LogP contribution < -0.4 is 11.2 Å². The van der Waals surface area contributed by atoms with Crippen molar-refractivity contribution >= 4 is 29.2 Å². The van der Waals surface area contributed by atoms with Crippen molar-refractivity contribution in [1.82, 2.24) is 19.8 Å². The normalized spacial score (nSPS) is 20.6. The number of hydrogen-bond acceptors (Lipinski definition) is 7. The zero-order valence-corrected chi connectivity index (χ0v) is 17.0. The molecule has 9 nitrogen and oxygen atoms in total. The van der Waals surface area contributed by atoms with Crippen LogP contribution in [0.1, 0.15) is 25.7 Å². The molecule has 2 saturated heterocycles. The van der Waals surface area contributed by atoms with E-state index in [1.807, 2.05) is 0 Å². The minimum Gasteiger partial charge on any atom is -0.325 e. The number of likely N-dealkylation sites (tertiary alicyclic amines) is 2. The molecule has 2 aliphatic heterocycles. The SMILES string of the molecule is N#C[C@@H]1CCCN1C(=O)CN(N)C1CCN(CC(=O)Nc2ccc(Cl)cn2)CC1. The number of aromatic nitrogens is 1. The molecule has 3 rings (SSSR count). The van der Waals surface area contributed by atoms with Crippen LogP contribution in [0.25, 0.3) is 0 Å². The van der Waals surface area contributed by atoms with Gasteiger partial charge in [-0.3, -0.25) is 20.3 Å². The first-order valence-electron chi connectivity index (χ1n) is 9.80. The molecule has 0 bridgehead atoms. The van der Waals surface area contributed by atoms with Crippen LogP contribution in [0.5, 0.6) is 0 Å². The molecule has 156 valence electrons. The molecular weight excluding hydrogens is 394 g/mol. The Hall–Kier alpha value is -2.25. The summed E-state index contributed by atoms with van der Waals surface area (Å²) >= 11 is 5.79. The van der Waals surface area contributed by atoms with Crippen molar-refractivity contribution in [3.05, 3.63) is 23.4 Å². The third-order valence-electron chi connectivity index (χ3n) is 5.43. The topological polar surface area (TPSA) is 119 Å². The summed E-state index contributed by atoms with van der Waals surface area (Å²) in [6, 6.07) is 5.27. The quantitative estimate of drug-likeness (QED) is 0.517. The molecule has 0 radical (unpaired) electrons. The van der Waals surface area contributed by atoms with E-state index in [4.69, 9.17) is 22.7 Å².